The Labute approximate surface area is 226 Å². The van der Waals surface area contributed by atoms with E-state index in [0.717, 1.165) is 44.6 Å². The van der Waals surface area contributed by atoms with E-state index in [4.69, 9.17) is 5.73 Å². The minimum absolute atomic E-state index is 0.302. The van der Waals surface area contributed by atoms with Crippen molar-refractivity contribution in [2.24, 2.45) is 5.73 Å². The van der Waals surface area contributed by atoms with Gasteiger partial charge in [-0.1, -0.05) is 99.9 Å². The third-order valence-corrected chi connectivity index (χ3v) is 8.77. The first kappa shape index (κ1) is 28.0. The Morgan fingerprint density at radius 2 is 1.08 bits per heavy atom. The number of aryl methyl sites for hydroxylation is 2. The average molecular weight is 503 g/mol. The van der Waals surface area contributed by atoms with Gasteiger partial charge in [0, 0.05) is 31.0 Å². The van der Waals surface area contributed by atoms with Crippen molar-refractivity contribution in [3.63, 3.8) is 0 Å². The Morgan fingerprint density at radius 3 is 1.73 bits per heavy atom. The standard InChI is InChI=1S/C17H25N.C9H11N.C8H14O/c1-2-4-9-15(10-5-3-1)18-17-13-12-14-8-6-7-11-16(14)17;10-9-6-5-7-3-1-2-4-8(7)9;9-8-6-4-2-1-3-5-7-8/h6-8,11,15,17-18H,1-5,9-10,12-13H2;1-4,9H,5-6,10H2;1-7H2/t17-;9-;/m00./s1. The molecule has 2 aromatic rings. The fourth-order valence-corrected chi connectivity index (χ4v) is 6.53. The molecule has 0 radical (unpaired) electrons. The van der Waals surface area contributed by atoms with Crippen molar-refractivity contribution in [3.05, 3.63) is 70.8 Å². The molecule has 6 rings (SSSR count). The van der Waals surface area contributed by atoms with E-state index in [2.05, 4.69) is 53.8 Å². The number of carbonyl (C=O) groups is 1. The Hall–Kier alpha value is -1.97. The molecule has 0 unspecified atom stereocenters. The quantitative estimate of drug-likeness (QED) is 0.434. The Kier molecular flexibility index (Phi) is 11.7. The molecule has 0 bridgehead atoms. The van der Waals surface area contributed by atoms with Gasteiger partial charge in [0.15, 0.2) is 0 Å². The number of ketones is 1. The summed E-state index contributed by atoms with van der Waals surface area (Å²) in [5, 5.41) is 3.94. The van der Waals surface area contributed by atoms with Gasteiger partial charge in [-0.15, -0.1) is 0 Å². The minimum atomic E-state index is 0.302. The first-order valence-corrected chi connectivity index (χ1v) is 15.4. The van der Waals surface area contributed by atoms with E-state index in [1.807, 2.05) is 0 Å². The Balaban J connectivity index is 0.000000143. The predicted molar refractivity (Wildman–Crippen MR) is 156 cm³/mol. The summed E-state index contributed by atoms with van der Waals surface area (Å²) >= 11 is 0. The first-order valence-electron chi connectivity index (χ1n) is 15.4. The maximum atomic E-state index is 10.8. The lowest BCUT2D eigenvalue weighted by molar-refractivity contribution is -0.119. The van der Waals surface area contributed by atoms with Crippen LogP contribution in [-0.4, -0.2) is 11.8 Å². The van der Waals surface area contributed by atoms with E-state index in [-0.39, 0.29) is 0 Å². The second-order valence-electron chi connectivity index (χ2n) is 11.6. The van der Waals surface area contributed by atoms with Crippen LogP contribution in [0.2, 0.25) is 0 Å². The van der Waals surface area contributed by atoms with Gasteiger partial charge in [0.1, 0.15) is 5.78 Å². The second-order valence-corrected chi connectivity index (χ2v) is 11.6. The maximum Gasteiger partial charge on any atom is 0.132 e. The third kappa shape index (κ3) is 9.07. The number of fused-ring (bicyclic) bond motifs is 2. The summed E-state index contributed by atoms with van der Waals surface area (Å²) in [6.07, 6.45) is 22.7. The van der Waals surface area contributed by atoms with Crippen molar-refractivity contribution in [1.82, 2.24) is 5.32 Å². The van der Waals surface area contributed by atoms with Crippen LogP contribution in [0, 0.1) is 0 Å². The first-order chi connectivity index (χ1) is 18.2. The lowest BCUT2D eigenvalue weighted by Gasteiger charge is -2.25. The summed E-state index contributed by atoms with van der Waals surface area (Å²) in [5.41, 5.74) is 11.8. The van der Waals surface area contributed by atoms with E-state index in [0.29, 0.717) is 17.9 Å². The summed E-state index contributed by atoms with van der Waals surface area (Å²) in [7, 11) is 0. The van der Waals surface area contributed by atoms with E-state index in [9.17, 15) is 4.79 Å². The number of hydrogen-bond donors (Lipinski definition) is 2. The third-order valence-electron chi connectivity index (χ3n) is 8.77. The largest absolute Gasteiger partial charge is 0.324 e. The zero-order chi connectivity index (χ0) is 25.7. The summed E-state index contributed by atoms with van der Waals surface area (Å²) in [5.74, 6) is 0.481. The Morgan fingerprint density at radius 1 is 0.568 bits per heavy atom. The number of carbonyl (C=O) groups excluding carboxylic acids is 1. The molecule has 2 fully saturated rings. The zero-order valence-corrected chi connectivity index (χ0v) is 23.1. The molecule has 0 spiro atoms. The van der Waals surface area contributed by atoms with Gasteiger partial charge in [0.05, 0.1) is 0 Å². The summed E-state index contributed by atoms with van der Waals surface area (Å²) in [4.78, 5) is 10.8. The van der Waals surface area contributed by atoms with Gasteiger partial charge >= 0.3 is 0 Å². The minimum Gasteiger partial charge on any atom is -0.324 e. The van der Waals surface area contributed by atoms with Crippen LogP contribution >= 0.6 is 0 Å². The van der Waals surface area contributed by atoms with Crippen LogP contribution in [0.15, 0.2) is 48.5 Å². The fourth-order valence-electron chi connectivity index (χ4n) is 6.53. The summed E-state index contributed by atoms with van der Waals surface area (Å²) in [6.45, 7) is 0. The highest BCUT2D eigenvalue weighted by molar-refractivity contribution is 5.78. The number of Topliss-reactive ketones (excluding diaryl/α,β-unsaturated/α-hetero) is 1. The Bertz CT molecular complexity index is 936. The van der Waals surface area contributed by atoms with Crippen LogP contribution < -0.4 is 11.1 Å². The number of nitrogens with one attached hydrogen (secondary N) is 1. The number of benzene rings is 2. The topological polar surface area (TPSA) is 55.1 Å². The van der Waals surface area contributed by atoms with Crippen LogP contribution in [0.1, 0.15) is 137 Å². The van der Waals surface area contributed by atoms with E-state index < -0.39 is 0 Å². The monoisotopic (exact) mass is 502 g/mol. The average Bonchev–Trinajstić information content (AvgIpc) is 3.48. The van der Waals surface area contributed by atoms with Gasteiger partial charge in [-0.3, -0.25) is 4.79 Å². The predicted octanol–water partition coefficient (Wildman–Crippen LogP) is 8.31. The fraction of sp³-hybridized carbons (Fsp3) is 0.618. The molecule has 2 saturated carbocycles. The molecule has 0 aromatic heterocycles. The van der Waals surface area contributed by atoms with Crippen LogP contribution in [0.4, 0.5) is 0 Å². The maximum absolute atomic E-state index is 10.8. The van der Waals surface area contributed by atoms with Crippen LogP contribution in [-0.2, 0) is 17.6 Å². The van der Waals surface area contributed by atoms with Crippen molar-refractivity contribution in [1.29, 1.82) is 0 Å². The van der Waals surface area contributed by atoms with Crippen molar-refractivity contribution in [3.8, 4) is 0 Å². The molecule has 0 aliphatic heterocycles. The van der Waals surface area contributed by atoms with Gasteiger partial charge in [0.25, 0.3) is 0 Å². The van der Waals surface area contributed by atoms with Crippen molar-refractivity contribution in [2.75, 3.05) is 0 Å². The molecule has 37 heavy (non-hydrogen) atoms. The number of nitrogens with two attached hydrogens (primary N) is 1. The van der Waals surface area contributed by atoms with E-state index in [1.165, 1.54) is 88.2 Å². The molecule has 4 aliphatic carbocycles. The zero-order valence-electron chi connectivity index (χ0n) is 23.1. The van der Waals surface area contributed by atoms with Gasteiger partial charge in [0.2, 0.25) is 0 Å². The highest BCUT2D eigenvalue weighted by Gasteiger charge is 2.24. The van der Waals surface area contributed by atoms with Crippen molar-refractivity contribution >= 4 is 5.78 Å². The summed E-state index contributed by atoms with van der Waals surface area (Å²) in [6, 6.07) is 19.1. The molecule has 3 heteroatoms. The molecular weight excluding hydrogens is 452 g/mol. The van der Waals surface area contributed by atoms with Gasteiger partial charge in [-0.05, 0) is 73.6 Å². The van der Waals surface area contributed by atoms with E-state index >= 15 is 0 Å². The normalized spacial score (nSPS) is 24.1. The number of hydrogen-bond acceptors (Lipinski definition) is 3. The van der Waals surface area contributed by atoms with Crippen LogP contribution in [0.3, 0.4) is 0 Å². The molecule has 2 atom stereocenters. The molecule has 4 aliphatic rings. The molecule has 202 valence electrons. The molecule has 3 N–H and O–H groups in total. The van der Waals surface area contributed by atoms with Crippen LogP contribution in [0.25, 0.3) is 0 Å². The van der Waals surface area contributed by atoms with Gasteiger partial charge in [-0.2, -0.15) is 0 Å². The molecule has 2 aromatic carbocycles. The molecule has 0 amide bonds. The second kappa shape index (κ2) is 15.4. The molecular formula is C34H50N2O. The van der Waals surface area contributed by atoms with Crippen LogP contribution in [0.5, 0.6) is 0 Å². The van der Waals surface area contributed by atoms with Gasteiger partial charge < -0.3 is 11.1 Å². The molecule has 0 saturated heterocycles. The van der Waals surface area contributed by atoms with Gasteiger partial charge in [-0.25, -0.2) is 0 Å². The van der Waals surface area contributed by atoms with Crippen molar-refractivity contribution < 1.29 is 4.79 Å². The van der Waals surface area contributed by atoms with Crippen molar-refractivity contribution in [2.45, 2.75) is 134 Å². The lowest BCUT2D eigenvalue weighted by atomic mass is 9.95. The highest BCUT2D eigenvalue weighted by Crippen LogP contribution is 2.32. The lowest BCUT2D eigenvalue weighted by Crippen LogP contribution is -2.32. The summed E-state index contributed by atoms with van der Waals surface area (Å²) < 4.78 is 0. The molecule has 0 heterocycles. The number of rotatable bonds is 2. The molecule has 3 nitrogen and oxygen atoms in total. The highest BCUT2D eigenvalue weighted by atomic mass is 16.1. The smallest absolute Gasteiger partial charge is 0.132 e. The van der Waals surface area contributed by atoms with E-state index in [1.54, 1.807) is 11.1 Å². The SMILES string of the molecule is N[C@H]1CCc2ccccc21.O=C1CCCCCCC1.c1ccc2c(c1)CC[C@@H]2NC1CCCCCCC1.